The van der Waals surface area contributed by atoms with Gasteiger partial charge in [0.05, 0.1) is 0 Å². The Morgan fingerprint density at radius 3 is 1.46 bits per heavy atom. The Labute approximate surface area is 174 Å². The van der Waals surface area contributed by atoms with Gasteiger partial charge in [-0.1, -0.05) is 73.6 Å². The summed E-state index contributed by atoms with van der Waals surface area (Å²) in [5, 5.41) is 0. The van der Waals surface area contributed by atoms with Gasteiger partial charge in [-0.15, -0.1) is 0 Å². The van der Waals surface area contributed by atoms with Gasteiger partial charge in [-0.2, -0.15) is 9.78 Å². The zero-order valence-corrected chi connectivity index (χ0v) is 20.1. The van der Waals surface area contributed by atoms with Crippen molar-refractivity contribution in [3.8, 4) is 0 Å². The second kappa shape index (κ2) is 11.9. The first kappa shape index (κ1) is 25.9. The molecular formula is C24H48O4. The van der Waals surface area contributed by atoms with Crippen molar-refractivity contribution in [2.45, 2.75) is 143 Å². The summed E-state index contributed by atoms with van der Waals surface area (Å²) < 4.78 is 0. The predicted molar refractivity (Wildman–Crippen MR) is 116 cm³/mol. The smallest absolute Gasteiger partial charge is 0.227 e. The Balaban J connectivity index is 2.94. The molecule has 0 aliphatic heterocycles. The molecule has 0 aromatic rings. The van der Waals surface area contributed by atoms with Gasteiger partial charge in [-0.25, -0.2) is 9.78 Å². The third-order valence-corrected chi connectivity index (χ3v) is 7.01. The van der Waals surface area contributed by atoms with Gasteiger partial charge < -0.3 is 0 Å². The monoisotopic (exact) mass is 400 g/mol. The number of hydrogen-bond acceptors (Lipinski definition) is 4. The lowest BCUT2D eigenvalue weighted by atomic mass is 9.77. The molecule has 0 amide bonds. The van der Waals surface area contributed by atoms with Crippen LogP contribution in [0.4, 0.5) is 0 Å². The molecule has 0 saturated heterocycles. The molecule has 0 heterocycles. The minimum atomic E-state index is -0.844. The Morgan fingerprint density at radius 2 is 1.14 bits per heavy atom. The molecule has 1 aliphatic rings. The van der Waals surface area contributed by atoms with Crippen molar-refractivity contribution in [2.75, 3.05) is 0 Å². The third-order valence-electron chi connectivity index (χ3n) is 7.01. The molecule has 0 aromatic heterocycles. The minimum Gasteiger partial charge on any atom is -0.227 e. The summed E-state index contributed by atoms with van der Waals surface area (Å²) in [5.41, 5.74) is -0.584. The van der Waals surface area contributed by atoms with Gasteiger partial charge in [0.2, 0.25) is 5.79 Å². The van der Waals surface area contributed by atoms with Gasteiger partial charge in [-0.3, -0.25) is 0 Å². The molecule has 0 aromatic carbocycles. The molecule has 4 heteroatoms. The Morgan fingerprint density at radius 1 is 0.750 bits per heavy atom. The van der Waals surface area contributed by atoms with Crippen LogP contribution in [-0.4, -0.2) is 17.0 Å². The summed E-state index contributed by atoms with van der Waals surface area (Å²) in [6.07, 6.45) is 11.7. The van der Waals surface area contributed by atoms with E-state index in [1.54, 1.807) is 0 Å². The van der Waals surface area contributed by atoms with Crippen molar-refractivity contribution < 1.29 is 19.6 Å². The van der Waals surface area contributed by atoms with Crippen molar-refractivity contribution in [3.63, 3.8) is 0 Å². The van der Waals surface area contributed by atoms with E-state index in [1.807, 2.05) is 0 Å². The highest BCUT2D eigenvalue weighted by molar-refractivity contribution is 4.86. The van der Waals surface area contributed by atoms with Crippen LogP contribution in [0, 0.1) is 11.8 Å². The molecule has 1 aliphatic carbocycles. The number of unbranched alkanes of at least 4 members (excludes halogenated alkanes) is 2. The fourth-order valence-corrected chi connectivity index (χ4v) is 3.95. The molecule has 28 heavy (non-hydrogen) atoms. The Kier molecular flexibility index (Phi) is 11.0. The zero-order chi connectivity index (χ0) is 21.3. The minimum absolute atomic E-state index is 0.218. The van der Waals surface area contributed by atoms with Crippen molar-refractivity contribution in [1.82, 2.24) is 0 Å². The van der Waals surface area contributed by atoms with Crippen LogP contribution in [0.1, 0.15) is 126 Å². The lowest BCUT2D eigenvalue weighted by Gasteiger charge is -2.46. The third kappa shape index (κ3) is 6.97. The highest BCUT2D eigenvalue weighted by Crippen LogP contribution is 2.44. The second-order valence-electron chi connectivity index (χ2n) is 9.60. The average Bonchev–Trinajstić information content (AvgIpc) is 2.70. The maximum Gasteiger partial charge on any atom is 0.238 e. The second-order valence-corrected chi connectivity index (χ2v) is 9.60. The molecule has 4 nitrogen and oxygen atoms in total. The molecule has 4 atom stereocenters. The van der Waals surface area contributed by atoms with Crippen LogP contribution in [-0.2, 0) is 19.6 Å². The van der Waals surface area contributed by atoms with E-state index in [0.29, 0.717) is 0 Å². The van der Waals surface area contributed by atoms with E-state index in [4.69, 9.17) is 19.6 Å². The van der Waals surface area contributed by atoms with E-state index in [2.05, 4.69) is 55.4 Å². The Hall–Kier alpha value is -0.160. The van der Waals surface area contributed by atoms with Crippen molar-refractivity contribution in [1.29, 1.82) is 0 Å². The Bertz CT molecular complexity index is 389. The highest BCUT2D eigenvalue weighted by Gasteiger charge is 2.51. The molecule has 1 saturated carbocycles. The van der Waals surface area contributed by atoms with Crippen LogP contribution >= 0.6 is 0 Å². The van der Waals surface area contributed by atoms with Crippen LogP contribution in [0.3, 0.4) is 0 Å². The molecule has 1 fully saturated rings. The van der Waals surface area contributed by atoms with Gasteiger partial charge in [0.25, 0.3) is 0 Å². The van der Waals surface area contributed by atoms with E-state index in [0.717, 1.165) is 64.2 Å². The summed E-state index contributed by atoms with van der Waals surface area (Å²) >= 11 is 0. The molecule has 0 N–H and O–H groups in total. The van der Waals surface area contributed by atoms with Crippen LogP contribution in [0.2, 0.25) is 0 Å². The van der Waals surface area contributed by atoms with Gasteiger partial charge in [0, 0.05) is 11.8 Å². The van der Waals surface area contributed by atoms with E-state index in [9.17, 15) is 0 Å². The lowest BCUT2D eigenvalue weighted by molar-refractivity contribution is -0.569. The van der Waals surface area contributed by atoms with Crippen LogP contribution < -0.4 is 0 Å². The largest absolute Gasteiger partial charge is 0.238 e. The molecule has 4 unspecified atom stereocenters. The molecule has 0 bridgehead atoms. The van der Waals surface area contributed by atoms with Crippen molar-refractivity contribution in [2.24, 2.45) is 11.8 Å². The first-order chi connectivity index (χ1) is 13.2. The summed E-state index contributed by atoms with van der Waals surface area (Å²) in [6.45, 7) is 17.4. The van der Waals surface area contributed by atoms with Crippen LogP contribution in [0.15, 0.2) is 0 Å². The zero-order valence-electron chi connectivity index (χ0n) is 20.1. The summed E-state index contributed by atoms with van der Waals surface area (Å²) in [5.74, 6) is -0.407. The van der Waals surface area contributed by atoms with E-state index >= 15 is 0 Å². The van der Waals surface area contributed by atoms with Gasteiger partial charge in [0.1, 0.15) is 11.2 Å². The summed E-state index contributed by atoms with van der Waals surface area (Å²) in [6, 6.07) is 0. The fourth-order valence-electron chi connectivity index (χ4n) is 3.95. The van der Waals surface area contributed by atoms with E-state index < -0.39 is 5.79 Å². The van der Waals surface area contributed by atoms with Crippen LogP contribution in [0.25, 0.3) is 0 Å². The predicted octanol–water partition coefficient (Wildman–Crippen LogP) is 7.75. The SMILES string of the molecule is CCCCC(C)(CC)OOC1(OOC(C)(CC)CCCC)C(C)CCCC1C. The van der Waals surface area contributed by atoms with Gasteiger partial charge in [-0.05, 0) is 52.4 Å². The van der Waals surface area contributed by atoms with Gasteiger partial charge in [0.15, 0.2) is 0 Å². The fraction of sp³-hybridized carbons (Fsp3) is 1.00. The maximum absolute atomic E-state index is 6.25. The highest BCUT2D eigenvalue weighted by atomic mass is 17.3. The molecule has 1 rings (SSSR count). The summed E-state index contributed by atoms with van der Waals surface area (Å²) in [7, 11) is 0. The quantitative estimate of drug-likeness (QED) is 0.170. The standard InChI is InChI=1S/C24H48O4/c1-9-13-18-22(7,11-3)25-27-24(20(5)16-15-17-21(24)6)28-26-23(8,12-4)19-14-10-2/h20-21H,9-19H2,1-8H3. The normalized spacial score (nSPS) is 30.0. The van der Waals surface area contributed by atoms with Crippen molar-refractivity contribution in [3.05, 3.63) is 0 Å². The van der Waals surface area contributed by atoms with E-state index in [1.165, 1.54) is 6.42 Å². The first-order valence-electron chi connectivity index (χ1n) is 11.9. The molecule has 0 spiro atoms. The lowest BCUT2D eigenvalue weighted by Crippen LogP contribution is -2.53. The number of hydrogen-bond donors (Lipinski definition) is 0. The molecule has 168 valence electrons. The first-order valence-corrected chi connectivity index (χ1v) is 11.9. The average molecular weight is 401 g/mol. The van der Waals surface area contributed by atoms with Crippen molar-refractivity contribution >= 4 is 0 Å². The van der Waals surface area contributed by atoms with Crippen LogP contribution in [0.5, 0.6) is 0 Å². The van der Waals surface area contributed by atoms with Gasteiger partial charge >= 0.3 is 0 Å². The maximum atomic E-state index is 6.25. The molecular weight excluding hydrogens is 352 g/mol. The number of rotatable bonds is 14. The summed E-state index contributed by atoms with van der Waals surface area (Å²) in [4.78, 5) is 24.8. The topological polar surface area (TPSA) is 36.9 Å². The van der Waals surface area contributed by atoms with E-state index in [-0.39, 0.29) is 23.0 Å². The molecule has 0 radical (unpaired) electrons.